The zero-order chi connectivity index (χ0) is 11.5. The van der Waals surface area contributed by atoms with E-state index < -0.39 is 0 Å². The van der Waals surface area contributed by atoms with E-state index in [2.05, 4.69) is 26.0 Å². The summed E-state index contributed by atoms with van der Waals surface area (Å²) in [4.78, 5) is 0. The molecule has 0 fully saturated rings. The van der Waals surface area contributed by atoms with Gasteiger partial charge in [-0.25, -0.2) is 0 Å². The van der Waals surface area contributed by atoms with Gasteiger partial charge in [0.15, 0.2) is 0 Å². The van der Waals surface area contributed by atoms with Gasteiger partial charge in [0, 0.05) is 0 Å². The smallest absolute Gasteiger partial charge is 0.0792 e. The third-order valence-electron chi connectivity index (χ3n) is 3.76. The molecule has 0 aromatic heterocycles. The first-order valence-electron chi connectivity index (χ1n) is 6.58. The van der Waals surface area contributed by atoms with Crippen LogP contribution in [0.5, 0.6) is 0 Å². The largest absolute Gasteiger partial charge is 0.388 e. The molecule has 0 amide bonds. The third-order valence-corrected chi connectivity index (χ3v) is 3.76. The van der Waals surface area contributed by atoms with Crippen molar-refractivity contribution in [2.75, 3.05) is 0 Å². The van der Waals surface area contributed by atoms with Gasteiger partial charge >= 0.3 is 0 Å². The van der Waals surface area contributed by atoms with Crippen LogP contribution in [-0.4, -0.2) is 5.11 Å². The van der Waals surface area contributed by atoms with Crippen molar-refractivity contribution < 1.29 is 5.11 Å². The van der Waals surface area contributed by atoms with Gasteiger partial charge in [-0.3, -0.25) is 0 Å². The fraction of sp³-hybridized carbons (Fsp3) is 0.600. The number of fused-ring (bicyclic) bond motifs is 1. The van der Waals surface area contributed by atoms with Crippen molar-refractivity contribution in [3.8, 4) is 0 Å². The van der Waals surface area contributed by atoms with Crippen LogP contribution in [0.4, 0.5) is 0 Å². The lowest BCUT2D eigenvalue weighted by Gasteiger charge is -2.16. The molecule has 1 aliphatic carbocycles. The fourth-order valence-electron chi connectivity index (χ4n) is 2.75. The number of benzene rings is 1. The van der Waals surface area contributed by atoms with E-state index in [-0.39, 0.29) is 6.10 Å². The van der Waals surface area contributed by atoms with Gasteiger partial charge in [-0.15, -0.1) is 0 Å². The van der Waals surface area contributed by atoms with Gasteiger partial charge in [0.2, 0.25) is 0 Å². The van der Waals surface area contributed by atoms with Gasteiger partial charge in [0.05, 0.1) is 6.10 Å². The normalized spacial score (nSPS) is 20.3. The van der Waals surface area contributed by atoms with E-state index in [9.17, 15) is 5.11 Å². The van der Waals surface area contributed by atoms with E-state index in [0.29, 0.717) is 0 Å². The number of aryl methyl sites for hydroxylation is 3. The zero-order valence-corrected chi connectivity index (χ0v) is 10.4. The Kier molecular flexibility index (Phi) is 3.65. The van der Waals surface area contributed by atoms with Gasteiger partial charge < -0.3 is 5.11 Å². The standard InChI is InChI=1S/C15H22O/c1-3-11-9-13-7-5-6-8-15(16)14(13)10-12(11)4-2/h9-10,15-16H,3-8H2,1-2H3/t15-/m0/s1. The van der Waals surface area contributed by atoms with Crippen LogP contribution >= 0.6 is 0 Å². The minimum absolute atomic E-state index is 0.228. The summed E-state index contributed by atoms with van der Waals surface area (Å²) in [5, 5.41) is 10.1. The number of hydrogen-bond acceptors (Lipinski definition) is 1. The molecular weight excluding hydrogens is 196 g/mol. The monoisotopic (exact) mass is 218 g/mol. The average Bonchev–Trinajstić information content (AvgIpc) is 2.49. The topological polar surface area (TPSA) is 20.2 Å². The van der Waals surface area contributed by atoms with E-state index in [0.717, 1.165) is 32.1 Å². The lowest BCUT2D eigenvalue weighted by atomic mass is 9.92. The van der Waals surface area contributed by atoms with Crippen LogP contribution in [0, 0.1) is 0 Å². The van der Waals surface area contributed by atoms with Crippen molar-refractivity contribution in [1.29, 1.82) is 0 Å². The molecular formula is C15H22O. The first-order chi connectivity index (χ1) is 7.76. The van der Waals surface area contributed by atoms with Crippen LogP contribution < -0.4 is 0 Å². The highest BCUT2D eigenvalue weighted by atomic mass is 16.3. The lowest BCUT2D eigenvalue weighted by Crippen LogP contribution is -2.03. The number of rotatable bonds is 2. The first kappa shape index (κ1) is 11.7. The Labute approximate surface area is 98.5 Å². The number of hydrogen-bond donors (Lipinski definition) is 1. The minimum Gasteiger partial charge on any atom is -0.388 e. The maximum Gasteiger partial charge on any atom is 0.0792 e. The van der Waals surface area contributed by atoms with Crippen molar-refractivity contribution in [2.24, 2.45) is 0 Å². The molecule has 1 nitrogen and oxygen atoms in total. The molecule has 88 valence electrons. The number of aliphatic hydroxyl groups is 1. The SMILES string of the molecule is CCc1cc2c(cc1CC)[C@@H](O)CCCC2. The highest BCUT2D eigenvalue weighted by molar-refractivity contribution is 5.40. The van der Waals surface area contributed by atoms with Crippen LogP contribution in [0.2, 0.25) is 0 Å². The second kappa shape index (κ2) is 5.01. The predicted octanol–water partition coefficient (Wildman–Crippen LogP) is 3.57. The highest BCUT2D eigenvalue weighted by Gasteiger charge is 2.17. The maximum absolute atomic E-state index is 10.1. The van der Waals surface area contributed by atoms with E-state index in [1.165, 1.54) is 28.7 Å². The molecule has 1 atom stereocenters. The van der Waals surface area contributed by atoms with Gasteiger partial charge in [-0.1, -0.05) is 32.4 Å². The first-order valence-corrected chi connectivity index (χ1v) is 6.58. The second-order valence-corrected chi connectivity index (χ2v) is 4.79. The average molecular weight is 218 g/mol. The predicted molar refractivity (Wildman–Crippen MR) is 67.7 cm³/mol. The van der Waals surface area contributed by atoms with Crippen molar-refractivity contribution >= 4 is 0 Å². The minimum atomic E-state index is -0.228. The Morgan fingerprint density at radius 2 is 1.81 bits per heavy atom. The summed E-state index contributed by atoms with van der Waals surface area (Å²) in [6.45, 7) is 4.41. The Hall–Kier alpha value is -0.820. The molecule has 1 heteroatoms. The van der Waals surface area contributed by atoms with E-state index in [1.807, 2.05) is 0 Å². The molecule has 0 heterocycles. The van der Waals surface area contributed by atoms with Gasteiger partial charge in [0.25, 0.3) is 0 Å². The highest BCUT2D eigenvalue weighted by Crippen LogP contribution is 2.31. The van der Waals surface area contributed by atoms with E-state index >= 15 is 0 Å². The van der Waals surface area contributed by atoms with Gasteiger partial charge in [-0.2, -0.15) is 0 Å². The lowest BCUT2D eigenvalue weighted by molar-refractivity contribution is 0.166. The molecule has 16 heavy (non-hydrogen) atoms. The van der Waals surface area contributed by atoms with Gasteiger partial charge in [0.1, 0.15) is 0 Å². The van der Waals surface area contributed by atoms with Crippen LogP contribution in [0.25, 0.3) is 0 Å². The number of aliphatic hydroxyl groups excluding tert-OH is 1. The van der Waals surface area contributed by atoms with Gasteiger partial charge in [-0.05, 0) is 54.4 Å². The van der Waals surface area contributed by atoms with Crippen LogP contribution in [-0.2, 0) is 19.3 Å². The molecule has 1 aliphatic rings. The molecule has 1 aromatic carbocycles. The molecule has 0 spiro atoms. The molecule has 0 unspecified atom stereocenters. The second-order valence-electron chi connectivity index (χ2n) is 4.79. The molecule has 0 aliphatic heterocycles. The van der Waals surface area contributed by atoms with Crippen molar-refractivity contribution in [1.82, 2.24) is 0 Å². The molecule has 0 saturated carbocycles. The summed E-state index contributed by atoms with van der Waals surface area (Å²) in [5.41, 5.74) is 5.48. The zero-order valence-electron chi connectivity index (χ0n) is 10.4. The van der Waals surface area contributed by atoms with Crippen LogP contribution in [0.3, 0.4) is 0 Å². The van der Waals surface area contributed by atoms with Crippen molar-refractivity contribution in [2.45, 2.75) is 58.5 Å². The Morgan fingerprint density at radius 1 is 1.12 bits per heavy atom. The molecule has 0 radical (unpaired) electrons. The Balaban J connectivity index is 2.47. The van der Waals surface area contributed by atoms with E-state index in [1.54, 1.807) is 0 Å². The van der Waals surface area contributed by atoms with E-state index in [4.69, 9.17) is 0 Å². The fourth-order valence-corrected chi connectivity index (χ4v) is 2.75. The summed E-state index contributed by atoms with van der Waals surface area (Å²) in [7, 11) is 0. The quantitative estimate of drug-likeness (QED) is 0.752. The Bertz CT molecular complexity index is 368. The molecule has 0 bridgehead atoms. The van der Waals surface area contributed by atoms with Crippen LogP contribution in [0.15, 0.2) is 12.1 Å². The third kappa shape index (κ3) is 2.15. The molecule has 1 aromatic rings. The molecule has 2 rings (SSSR count). The Morgan fingerprint density at radius 3 is 2.50 bits per heavy atom. The summed E-state index contributed by atoms with van der Waals surface area (Å²) < 4.78 is 0. The van der Waals surface area contributed by atoms with Crippen LogP contribution in [0.1, 0.15) is 61.5 Å². The molecule has 1 N–H and O–H groups in total. The summed E-state index contributed by atoms with van der Waals surface area (Å²) >= 11 is 0. The van der Waals surface area contributed by atoms with Crippen molar-refractivity contribution in [3.63, 3.8) is 0 Å². The summed E-state index contributed by atoms with van der Waals surface area (Å²) in [5.74, 6) is 0. The van der Waals surface area contributed by atoms with Crippen molar-refractivity contribution in [3.05, 3.63) is 34.4 Å². The molecule has 0 saturated heterocycles. The maximum atomic E-state index is 10.1. The summed E-state index contributed by atoms with van der Waals surface area (Å²) in [6, 6.07) is 4.59. The summed E-state index contributed by atoms with van der Waals surface area (Å²) in [6.07, 6.45) is 6.40.